The zero-order valence-corrected chi connectivity index (χ0v) is 26.8. The van der Waals surface area contributed by atoms with Crippen molar-refractivity contribution in [3.63, 3.8) is 0 Å². The number of hydrogen-bond donors (Lipinski definition) is 5. The van der Waals surface area contributed by atoms with Crippen molar-refractivity contribution in [2.24, 2.45) is 11.5 Å². The van der Waals surface area contributed by atoms with Gasteiger partial charge in [0.05, 0.1) is 12.6 Å². The monoisotopic (exact) mass is 654 g/mol. The molecule has 0 radical (unpaired) electrons. The van der Waals surface area contributed by atoms with Crippen molar-refractivity contribution in [3.8, 4) is 5.75 Å². The molecule has 3 rings (SSSR count). The van der Waals surface area contributed by atoms with Crippen LogP contribution in [0.5, 0.6) is 5.75 Å². The van der Waals surface area contributed by atoms with Crippen LogP contribution in [0.25, 0.3) is 0 Å². The van der Waals surface area contributed by atoms with Gasteiger partial charge in [0.15, 0.2) is 0 Å². The average molecular weight is 655 g/mol. The van der Waals surface area contributed by atoms with Crippen molar-refractivity contribution < 1.29 is 33.5 Å². The first kappa shape index (κ1) is 36.0. The quantitative estimate of drug-likeness (QED) is 0.122. The third-order valence-electron chi connectivity index (χ3n) is 7.42. The lowest BCUT2D eigenvalue weighted by Gasteiger charge is -2.28. The summed E-state index contributed by atoms with van der Waals surface area (Å²) >= 11 is 1.49. The summed E-state index contributed by atoms with van der Waals surface area (Å²) in [5.41, 5.74) is 13.2. The number of nitrogens with one attached hydrogen (secondary N) is 3. The number of likely N-dealkylation sites (tertiary alicyclic amines) is 1. The van der Waals surface area contributed by atoms with Gasteiger partial charge in [-0.1, -0.05) is 42.5 Å². The molecule has 1 aliphatic rings. The van der Waals surface area contributed by atoms with E-state index >= 15 is 0 Å². The first-order valence-electron chi connectivity index (χ1n) is 15.0. The van der Waals surface area contributed by atoms with E-state index in [9.17, 15) is 28.8 Å². The third-order valence-corrected chi connectivity index (χ3v) is 8.07. The fourth-order valence-corrected chi connectivity index (χ4v) is 5.57. The van der Waals surface area contributed by atoms with E-state index in [2.05, 4.69) is 16.0 Å². The molecule has 1 heterocycles. The lowest BCUT2D eigenvalue weighted by molar-refractivity contribution is -0.140. The van der Waals surface area contributed by atoms with E-state index in [0.29, 0.717) is 37.3 Å². The minimum Gasteiger partial charge on any atom is -0.427 e. The summed E-state index contributed by atoms with van der Waals surface area (Å²) < 4.78 is 5.01. The maximum absolute atomic E-state index is 13.5. The van der Waals surface area contributed by atoms with Crippen molar-refractivity contribution in [1.29, 1.82) is 0 Å². The van der Waals surface area contributed by atoms with Gasteiger partial charge in [-0.05, 0) is 61.0 Å². The number of esters is 1. The molecule has 0 saturated carbocycles. The molecule has 1 saturated heterocycles. The molecule has 2 aromatic carbocycles. The minimum atomic E-state index is -0.986. The van der Waals surface area contributed by atoms with E-state index in [-0.39, 0.29) is 12.8 Å². The molecule has 0 spiro atoms. The summed E-state index contributed by atoms with van der Waals surface area (Å²) in [7, 11) is 0. The molecular formula is C32H42N6O7S. The van der Waals surface area contributed by atoms with Crippen LogP contribution < -0.4 is 32.2 Å². The molecule has 14 heteroatoms. The largest absolute Gasteiger partial charge is 0.427 e. The number of carbonyl (C=O) groups excluding carboxylic acids is 6. The van der Waals surface area contributed by atoms with E-state index in [1.165, 1.54) is 23.6 Å². The second kappa shape index (κ2) is 17.9. The predicted molar refractivity (Wildman–Crippen MR) is 173 cm³/mol. The van der Waals surface area contributed by atoms with Crippen LogP contribution in [0.4, 0.5) is 0 Å². The Kier molecular flexibility index (Phi) is 14.0. The van der Waals surface area contributed by atoms with Crippen molar-refractivity contribution >= 4 is 47.3 Å². The van der Waals surface area contributed by atoms with Gasteiger partial charge in [0.25, 0.3) is 0 Å². The van der Waals surface area contributed by atoms with Crippen molar-refractivity contribution in [2.45, 2.75) is 63.2 Å². The molecule has 248 valence electrons. The highest BCUT2D eigenvalue weighted by atomic mass is 32.2. The summed E-state index contributed by atoms with van der Waals surface area (Å²) in [5.74, 6) is -2.27. The van der Waals surface area contributed by atoms with Crippen LogP contribution in [0.1, 0.15) is 37.3 Å². The standard InChI is InChI=1S/C32H42N6O7S/c1-20(39)45-23-12-10-22(11-13-23)17-24(33)30(42)37-25(14-16-46-2)31(43)35-19-28(40)36-26(18-21-7-4-3-5-8-21)32(44)38-15-6-9-27(38)29(34)41/h3-5,7-8,10-13,24-27H,6,9,14-19,33H2,1-2H3,(H2,34,41)(H,35,43)(H,36,40)(H,37,42)/t24-,25+,26-,27-/m0/s1. The number of benzene rings is 2. The summed E-state index contributed by atoms with van der Waals surface area (Å²) in [5, 5.41) is 7.94. The predicted octanol–water partition coefficient (Wildman–Crippen LogP) is 0.0396. The van der Waals surface area contributed by atoms with Gasteiger partial charge < -0.3 is 37.1 Å². The van der Waals surface area contributed by atoms with E-state index in [1.54, 1.807) is 24.3 Å². The average Bonchev–Trinajstić information content (AvgIpc) is 3.53. The number of carbonyl (C=O) groups is 6. The molecule has 1 aliphatic heterocycles. The molecule has 2 aromatic rings. The maximum Gasteiger partial charge on any atom is 0.308 e. The number of nitrogens with two attached hydrogens (primary N) is 2. The summed E-state index contributed by atoms with van der Waals surface area (Å²) in [4.78, 5) is 77.0. The topological polar surface area (TPSA) is 203 Å². The van der Waals surface area contributed by atoms with E-state index < -0.39 is 66.2 Å². The number of primary amides is 1. The van der Waals surface area contributed by atoms with Crippen LogP contribution in [0.2, 0.25) is 0 Å². The van der Waals surface area contributed by atoms with Crippen LogP contribution in [-0.4, -0.2) is 89.7 Å². The highest BCUT2D eigenvalue weighted by molar-refractivity contribution is 7.98. The van der Waals surface area contributed by atoms with E-state index in [1.807, 2.05) is 36.6 Å². The van der Waals surface area contributed by atoms with Crippen LogP contribution in [0.3, 0.4) is 0 Å². The Labute approximate surface area is 272 Å². The Morgan fingerprint density at radius 3 is 2.24 bits per heavy atom. The fourth-order valence-electron chi connectivity index (χ4n) is 5.10. The van der Waals surface area contributed by atoms with Crippen LogP contribution in [-0.2, 0) is 41.6 Å². The summed E-state index contributed by atoms with van der Waals surface area (Å²) in [6.07, 6.45) is 3.59. The second-order valence-corrected chi connectivity index (χ2v) is 12.0. The van der Waals surface area contributed by atoms with Gasteiger partial charge >= 0.3 is 5.97 Å². The zero-order valence-electron chi connectivity index (χ0n) is 26.0. The number of rotatable bonds is 16. The minimum absolute atomic E-state index is 0.177. The molecule has 1 fully saturated rings. The molecule has 13 nitrogen and oxygen atoms in total. The molecule has 5 amide bonds. The highest BCUT2D eigenvalue weighted by Gasteiger charge is 2.36. The van der Waals surface area contributed by atoms with Crippen molar-refractivity contribution in [1.82, 2.24) is 20.9 Å². The Balaban J connectivity index is 1.60. The van der Waals surface area contributed by atoms with Gasteiger partial charge in [0.2, 0.25) is 29.5 Å². The second-order valence-electron chi connectivity index (χ2n) is 11.0. The Hall–Kier alpha value is -4.43. The number of thioether (sulfide) groups is 1. The van der Waals surface area contributed by atoms with Gasteiger partial charge in [0, 0.05) is 19.9 Å². The molecule has 7 N–H and O–H groups in total. The van der Waals surface area contributed by atoms with Crippen molar-refractivity contribution in [2.75, 3.05) is 25.1 Å². The Bertz CT molecular complexity index is 1370. The van der Waals surface area contributed by atoms with Gasteiger partial charge in [-0.25, -0.2) is 0 Å². The smallest absolute Gasteiger partial charge is 0.308 e. The lowest BCUT2D eigenvalue weighted by atomic mass is 10.0. The number of hydrogen-bond acceptors (Lipinski definition) is 9. The molecule has 0 unspecified atom stereocenters. The SMILES string of the molecule is CSCC[C@@H](NC(=O)[C@@H](N)Cc1ccc(OC(C)=O)cc1)C(=O)NCC(=O)N[C@@H](Cc1ccccc1)C(=O)N1CCC[C@H]1C(N)=O. The van der Waals surface area contributed by atoms with Crippen molar-refractivity contribution in [3.05, 3.63) is 65.7 Å². The Morgan fingerprint density at radius 2 is 1.61 bits per heavy atom. The first-order valence-corrected chi connectivity index (χ1v) is 16.4. The third kappa shape index (κ3) is 11.2. The van der Waals surface area contributed by atoms with Crippen LogP contribution in [0, 0.1) is 0 Å². The maximum atomic E-state index is 13.5. The van der Waals surface area contributed by atoms with Crippen LogP contribution in [0.15, 0.2) is 54.6 Å². The molecule has 0 aliphatic carbocycles. The summed E-state index contributed by atoms with van der Waals surface area (Å²) in [6, 6.07) is 12.0. The molecule has 46 heavy (non-hydrogen) atoms. The van der Waals surface area contributed by atoms with Gasteiger partial charge in [-0.2, -0.15) is 11.8 Å². The fraction of sp³-hybridized carbons (Fsp3) is 0.438. The molecule has 0 bridgehead atoms. The molecular weight excluding hydrogens is 612 g/mol. The number of nitrogens with zero attached hydrogens (tertiary/aromatic N) is 1. The van der Waals surface area contributed by atoms with E-state index in [4.69, 9.17) is 16.2 Å². The normalized spacial score (nSPS) is 16.1. The first-order chi connectivity index (χ1) is 22.0. The van der Waals surface area contributed by atoms with E-state index in [0.717, 1.165) is 11.1 Å². The molecule has 0 aromatic heterocycles. The number of amides is 5. The lowest BCUT2D eigenvalue weighted by Crippen LogP contribution is -2.56. The van der Waals surface area contributed by atoms with Gasteiger partial charge in [-0.15, -0.1) is 0 Å². The summed E-state index contributed by atoms with van der Waals surface area (Å²) in [6.45, 7) is 1.21. The Morgan fingerprint density at radius 1 is 0.935 bits per heavy atom. The zero-order chi connectivity index (χ0) is 33.6. The van der Waals surface area contributed by atoms with Crippen LogP contribution >= 0.6 is 11.8 Å². The van der Waals surface area contributed by atoms with Gasteiger partial charge in [-0.3, -0.25) is 28.8 Å². The van der Waals surface area contributed by atoms with Gasteiger partial charge in [0.1, 0.15) is 23.9 Å². The molecule has 4 atom stereocenters. The number of ether oxygens (including phenoxy) is 1. The highest BCUT2D eigenvalue weighted by Crippen LogP contribution is 2.19.